The number of nitrogens with zero attached hydrogens (tertiary/aromatic N) is 3. The van der Waals surface area contributed by atoms with Crippen molar-refractivity contribution in [2.75, 3.05) is 25.2 Å². The third kappa shape index (κ3) is 3.18. The summed E-state index contributed by atoms with van der Waals surface area (Å²) in [4.78, 5) is 6.42. The van der Waals surface area contributed by atoms with Gasteiger partial charge < -0.3 is 24.0 Å². The number of fused-ring (bicyclic) bond motifs is 1. The average molecular weight is 392 g/mol. The fourth-order valence-electron chi connectivity index (χ4n) is 3.56. The number of aromatic nitrogens is 2. The Hall–Kier alpha value is -3.48. The Morgan fingerprint density at radius 3 is 2.76 bits per heavy atom. The van der Waals surface area contributed by atoms with E-state index in [0.29, 0.717) is 29.5 Å². The van der Waals surface area contributed by atoms with Gasteiger partial charge in [-0.1, -0.05) is 19.1 Å². The SMILES string of the molecule is CCCOc1ccccc1N1CC(O)=C(c2nc3cc(OC)ccc3n2C)C1=N. The summed E-state index contributed by atoms with van der Waals surface area (Å²) >= 11 is 0. The smallest absolute Gasteiger partial charge is 0.148 e. The normalized spacial score (nSPS) is 14.2. The molecule has 4 rings (SSSR count). The summed E-state index contributed by atoms with van der Waals surface area (Å²) in [5.41, 5.74) is 2.83. The molecule has 2 heterocycles. The molecule has 0 saturated heterocycles. The van der Waals surface area contributed by atoms with Crippen molar-refractivity contribution in [1.29, 1.82) is 5.41 Å². The van der Waals surface area contributed by atoms with Crippen LogP contribution in [0.5, 0.6) is 11.5 Å². The topological polar surface area (TPSA) is 83.6 Å². The number of aliphatic hydroxyl groups is 1. The molecule has 0 radical (unpaired) electrons. The van der Waals surface area contributed by atoms with Gasteiger partial charge in [0.1, 0.15) is 28.9 Å². The number of benzene rings is 2. The van der Waals surface area contributed by atoms with E-state index in [4.69, 9.17) is 14.9 Å². The number of rotatable bonds is 6. The zero-order chi connectivity index (χ0) is 20.5. The van der Waals surface area contributed by atoms with Gasteiger partial charge in [-0.2, -0.15) is 0 Å². The number of amidine groups is 1. The number of anilines is 1. The molecule has 0 spiro atoms. The summed E-state index contributed by atoms with van der Waals surface area (Å²) in [7, 11) is 3.49. The number of hydrogen-bond acceptors (Lipinski definition) is 5. The minimum absolute atomic E-state index is 0.116. The molecule has 1 aliphatic rings. The predicted molar refractivity (Wildman–Crippen MR) is 114 cm³/mol. The van der Waals surface area contributed by atoms with Crippen LogP contribution in [0.1, 0.15) is 19.2 Å². The van der Waals surface area contributed by atoms with E-state index in [-0.39, 0.29) is 18.1 Å². The van der Waals surface area contributed by atoms with E-state index in [1.807, 2.05) is 61.0 Å². The first-order valence-corrected chi connectivity index (χ1v) is 9.56. The summed E-state index contributed by atoms with van der Waals surface area (Å²) in [6, 6.07) is 13.2. The molecule has 29 heavy (non-hydrogen) atoms. The lowest BCUT2D eigenvalue weighted by atomic mass is 10.2. The lowest BCUT2D eigenvalue weighted by molar-refractivity contribution is 0.318. The van der Waals surface area contributed by atoms with Crippen molar-refractivity contribution in [2.24, 2.45) is 7.05 Å². The zero-order valence-corrected chi connectivity index (χ0v) is 16.8. The fraction of sp³-hybridized carbons (Fsp3) is 0.273. The summed E-state index contributed by atoms with van der Waals surface area (Å²) in [6.45, 7) is 2.84. The number of para-hydroxylation sites is 2. The molecule has 0 unspecified atom stereocenters. The first kappa shape index (κ1) is 18.9. The second kappa shape index (κ2) is 7.50. The molecule has 0 bridgehead atoms. The number of aliphatic hydroxyl groups excluding tert-OH is 1. The van der Waals surface area contributed by atoms with E-state index in [0.717, 1.165) is 23.1 Å². The quantitative estimate of drug-likeness (QED) is 0.659. The highest BCUT2D eigenvalue weighted by molar-refractivity contribution is 6.30. The van der Waals surface area contributed by atoms with E-state index in [9.17, 15) is 5.11 Å². The van der Waals surface area contributed by atoms with E-state index in [2.05, 4.69) is 4.98 Å². The summed E-state index contributed by atoms with van der Waals surface area (Å²) in [5.74, 6) is 2.27. The Balaban J connectivity index is 1.73. The van der Waals surface area contributed by atoms with Crippen LogP contribution < -0.4 is 14.4 Å². The molecule has 0 fully saturated rings. The van der Waals surface area contributed by atoms with Crippen LogP contribution >= 0.6 is 0 Å². The highest BCUT2D eigenvalue weighted by Gasteiger charge is 2.33. The highest BCUT2D eigenvalue weighted by Crippen LogP contribution is 2.36. The molecule has 2 aromatic carbocycles. The summed E-state index contributed by atoms with van der Waals surface area (Å²) < 4.78 is 13.0. The van der Waals surface area contributed by atoms with Crippen molar-refractivity contribution < 1.29 is 14.6 Å². The maximum Gasteiger partial charge on any atom is 0.148 e. The number of nitrogens with one attached hydrogen (secondary N) is 1. The maximum absolute atomic E-state index is 10.7. The number of methoxy groups -OCH3 is 1. The van der Waals surface area contributed by atoms with Gasteiger partial charge in [0.15, 0.2) is 0 Å². The van der Waals surface area contributed by atoms with Gasteiger partial charge in [-0.25, -0.2) is 4.98 Å². The van der Waals surface area contributed by atoms with Crippen LogP contribution in [0, 0.1) is 5.41 Å². The molecule has 7 nitrogen and oxygen atoms in total. The summed E-state index contributed by atoms with van der Waals surface area (Å²) in [6.07, 6.45) is 0.893. The average Bonchev–Trinajstić information content (AvgIpc) is 3.21. The van der Waals surface area contributed by atoms with Crippen LogP contribution in [0.15, 0.2) is 48.2 Å². The Kier molecular flexibility index (Phi) is 4.88. The molecular weight excluding hydrogens is 368 g/mol. The molecule has 3 aromatic rings. The highest BCUT2D eigenvalue weighted by atomic mass is 16.5. The van der Waals surface area contributed by atoms with Gasteiger partial charge in [-0.05, 0) is 30.7 Å². The molecule has 7 heteroatoms. The van der Waals surface area contributed by atoms with Crippen LogP contribution in [0.2, 0.25) is 0 Å². The number of ether oxygens (including phenoxy) is 2. The molecule has 0 amide bonds. The largest absolute Gasteiger partial charge is 0.509 e. The van der Waals surface area contributed by atoms with Gasteiger partial charge in [-0.15, -0.1) is 0 Å². The van der Waals surface area contributed by atoms with Gasteiger partial charge in [0.05, 0.1) is 42.6 Å². The van der Waals surface area contributed by atoms with Crippen LogP contribution in [0.4, 0.5) is 5.69 Å². The molecule has 1 aliphatic heterocycles. The second-order valence-electron chi connectivity index (χ2n) is 6.92. The maximum atomic E-state index is 10.7. The van der Waals surface area contributed by atoms with E-state index >= 15 is 0 Å². The minimum Gasteiger partial charge on any atom is -0.509 e. The van der Waals surface area contributed by atoms with Crippen molar-refractivity contribution in [3.05, 3.63) is 54.0 Å². The molecule has 2 N–H and O–H groups in total. The molecule has 0 saturated carbocycles. The third-order valence-corrected chi connectivity index (χ3v) is 5.03. The molecule has 0 atom stereocenters. The van der Waals surface area contributed by atoms with Gasteiger partial charge in [0.25, 0.3) is 0 Å². The van der Waals surface area contributed by atoms with E-state index < -0.39 is 0 Å². The first-order valence-electron chi connectivity index (χ1n) is 9.56. The Bertz CT molecular complexity index is 1120. The van der Waals surface area contributed by atoms with E-state index in [1.165, 1.54) is 0 Å². The fourth-order valence-corrected chi connectivity index (χ4v) is 3.56. The Morgan fingerprint density at radius 2 is 2.00 bits per heavy atom. The summed E-state index contributed by atoms with van der Waals surface area (Å²) in [5, 5.41) is 19.5. The predicted octanol–water partition coefficient (Wildman–Crippen LogP) is 4.14. The zero-order valence-electron chi connectivity index (χ0n) is 16.8. The molecule has 150 valence electrons. The van der Waals surface area contributed by atoms with Crippen molar-refractivity contribution in [3.63, 3.8) is 0 Å². The Labute approximate surface area is 169 Å². The van der Waals surface area contributed by atoms with Crippen LogP contribution in [0.3, 0.4) is 0 Å². The second-order valence-corrected chi connectivity index (χ2v) is 6.92. The minimum atomic E-state index is 0.116. The number of aryl methyl sites for hydroxylation is 1. The molecule has 1 aromatic heterocycles. The molecule has 0 aliphatic carbocycles. The van der Waals surface area contributed by atoms with Gasteiger partial charge in [0, 0.05) is 13.1 Å². The number of hydrogen-bond donors (Lipinski definition) is 2. The standard InChI is InChI=1S/C22H24N4O3/c1-4-11-29-19-8-6-5-7-17(19)26-13-18(27)20(21(26)23)22-24-15-12-14(28-3)9-10-16(15)25(22)2/h5-10,12,23,27H,4,11,13H2,1-3H3. The van der Waals surface area contributed by atoms with Gasteiger partial charge in [0.2, 0.25) is 0 Å². The van der Waals surface area contributed by atoms with Crippen molar-refractivity contribution in [2.45, 2.75) is 13.3 Å². The van der Waals surface area contributed by atoms with Crippen molar-refractivity contribution >= 4 is 28.1 Å². The van der Waals surface area contributed by atoms with Gasteiger partial charge >= 0.3 is 0 Å². The van der Waals surface area contributed by atoms with Gasteiger partial charge in [-0.3, -0.25) is 5.41 Å². The number of imidazole rings is 1. The van der Waals surface area contributed by atoms with E-state index in [1.54, 1.807) is 12.0 Å². The lowest BCUT2D eigenvalue weighted by Gasteiger charge is -2.22. The van der Waals surface area contributed by atoms with Crippen LogP contribution in [-0.4, -0.2) is 40.8 Å². The van der Waals surface area contributed by atoms with Crippen LogP contribution in [0.25, 0.3) is 16.6 Å². The van der Waals surface area contributed by atoms with Crippen LogP contribution in [-0.2, 0) is 7.05 Å². The molecular formula is C22H24N4O3. The monoisotopic (exact) mass is 392 g/mol. The van der Waals surface area contributed by atoms with Crippen molar-refractivity contribution in [1.82, 2.24) is 9.55 Å². The Morgan fingerprint density at radius 1 is 1.21 bits per heavy atom. The third-order valence-electron chi connectivity index (χ3n) is 5.03. The lowest BCUT2D eigenvalue weighted by Crippen LogP contribution is -2.27. The van der Waals surface area contributed by atoms with Crippen molar-refractivity contribution in [3.8, 4) is 11.5 Å². The first-order chi connectivity index (χ1) is 14.0.